The van der Waals surface area contributed by atoms with E-state index >= 15 is 0 Å². The third-order valence-corrected chi connectivity index (χ3v) is 2.27. The molecule has 0 radical (unpaired) electrons. The van der Waals surface area contributed by atoms with E-state index in [1.807, 2.05) is 24.5 Å². The van der Waals surface area contributed by atoms with Crippen molar-refractivity contribution in [1.29, 1.82) is 0 Å². The number of phenols is 3. The van der Waals surface area contributed by atoms with E-state index in [1.165, 1.54) is 6.07 Å². The number of phenolic OH excluding ortho intramolecular Hbond substituents is 3. The lowest BCUT2D eigenvalue weighted by Gasteiger charge is -2.10. The van der Waals surface area contributed by atoms with Crippen molar-refractivity contribution >= 4 is 0 Å². The van der Waals surface area contributed by atoms with Gasteiger partial charge >= 0.3 is 0 Å². The van der Waals surface area contributed by atoms with Crippen LogP contribution in [0, 0.1) is 0 Å². The summed E-state index contributed by atoms with van der Waals surface area (Å²) >= 11 is 0. The number of nitrogens with zero attached hydrogens (tertiary/aromatic N) is 1. The number of nitrogens with one attached hydrogen (secondary N) is 1. The molecule has 2 rings (SSSR count). The van der Waals surface area contributed by atoms with Gasteiger partial charge in [-0.05, 0) is 24.3 Å². The highest BCUT2D eigenvalue weighted by Crippen LogP contribution is 2.36. The summed E-state index contributed by atoms with van der Waals surface area (Å²) in [7, 11) is 0. The van der Waals surface area contributed by atoms with Crippen LogP contribution in [-0.4, -0.2) is 20.0 Å². The minimum atomic E-state index is -0.494. The van der Waals surface area contributed by atoms with Crippen molar-refractivity contribution in [1.82, 2.24) is 4.68 Å². The molecule has 0 amide bonds. The zero-order valence-electron chi connectivity index (χ0n) is 8.46. The summed E-state index contributed by atoms with van der Waals surface area (Å²) in [5.74, 6) is -1.13. The fraction of sp³-hybridized carbons (Fsp3) is 0.0909. The molecule has 0 saturated heterocycles. The van der Waals surface area contributed by atoms with E-state index < -0.39 is 5.75 Å². The van der Waals surface area contributed by atoms with E-state index in [0.29, 0.717) is 12.1 Å². The number of benzene rings is 1. The van der Waals surface area contributed by atoms with Crippen molar-refractivity contribution in [3.8, 4) is 17.2 Å². The Morgan fingerprint density at radius 2 is 1.69 bits per heavy atom. The Kier molecular flexibility index (Phi) is 2.59. The number of rotatable bonds is 3. The first-order valence-corrected chi connectivity index (χ1v) is 4.78. The number of aromatic hydroxyl groups is 3. The molecule has 0 atom stereocenters. The number of hydrogen-bond acceptors (Lipinski definition) is 4. The first-order chi connectivity index (χ1) is 7.68. The molecule has 0 aliphatic heterocycles. The average molecular weight is 220 g/mol. The van der Waals surface area contributed by atoms with Gasteiger partial charge in [0.2, 0.25) is 5.75 Å². The fourth-order valence-electron chi connectivity index (χ4n) is 1.37. The van der Waals surface area contributed by atoms with Gasteiger partial charge in [-0.1, -0.05) is 0 Å². The lowest BCUT2D eigenvalue weighted by Crippen LogP contribution is -2.11. The van der Waals surface area contributed by atoms with Crippen LogP contribution in [0.25, 0.3) is 0 Å². The zero-order valence-corrected chi connectivity index (χ0v) is 8.46. The van der Waals surface area contributed by atoms with Crippen molar-refractivity contribution < 1.29 is 15.3 Å². The van der Waals surface area contributed by atoms with Crippen molar-refractivity contribution in [2.75, 3.05) is 5.43 Å². The standard InChI is InChI=1S/C11H12N2O3/c14-9-4-3-8(10(15)11(9)16)7-12-13-5-1-2-6-13/h1-6,12,14-16H,7H2. The Bertz CT molecular complexity index is 480. The molecule has 1 aromatic carbocycles. The van der Waals surface area contributed by atoms with E-state index in [-0.39, 0.29) is 11.5 Å². The second-order valence-electron chi connectivity index (χ2n) is 3.37. The summed E-state index contributed by atoms with van der Waals surface area (Å²) in [6, 6.07) is 6.60. The summed E-state index contributed by atoms with van der Waals surface area (Å²) in [4.78, 5) is 0. The topological polar surface area (TPSA) is 77.7 Å². The van der Waals surface area contributed by atoms with Crippen LogP contribution >= 0.6 is 0 Å². The van der Waals surface area contributed by atoms with Gasteiger partial charge in [0.25, 0.3) is 0 Å². The van der Waals surface area contributed by atoms with Crippen LogP contribution < -0.4 is 5.43 Å². The number of aromatic nitrogens is 1. The summed E-state index contributed by atoms with van der Waals surface area (Å²) in [6.45, 7) is 0.342. The van der Waals surface area contributed by atoms with Gasteiger partial charge in [-0.3, -0.25) is 4.68 Å². The molecule has 0 aliphatic rings. The minimum absolute atomic E-state index is 0.306. The Morgan fingerprint density at radius 1 is 1.00 bits per heavy atom. The van der Waals surface area contributed by atoms with Crippen LogP contribution in [0.4, 0.5) is 0 Å². The molecule has 4 N–H and O–H groups in total. The van der Waals surface area contributed by atoms with E-state index in [2.05, 4.69) is 5.43 Å². The predicted molar refractivity (Wildman–Crippen MR) is 58.9 cm³/mol. The lowest BCUT2D eigenvalue weighted by atomic mass is 10.2. The maximum Gasteiger partial charge on any atom is 0.200 e. The molecule has 1 aromatic heterocycles. The van der Waals surface area contributed by atoms with E-state index in [1.54, 1.807) is 10.7 Å². The summed E-state index contributed by atoms with van der Waals surface area (Å²) in [6.07, 6.45) is 3.63. The first-order valence-electron chi connectivity index (χ1n) is 4.78. The third kappa shape index (κ3) is 1.88. The van der Waals surface area contributed by atoms with Crippen molar-refractivity contribution in [3.63, 3.8) is 0 Å². The van der Waals surface area contributed by atoms with E-state index in [4.69, 9.17) is 5.11 Å². The number of hydrogen-bond donors (Lipinski definition) is 4. The van der Waals surface area contributed by atoms with Crippen LogP contribution in [0.2, 0.25) is 0 Å². The summed E-state index contributed by atoms with van der Waals surface area (Å²) in [5, 5.41) is 28.0. The Labute approximate surface area is 92.2 Å². The van der Waals surface area contributed by atoms with Gasteiger partial charge in [-0.25, -0.2) is 0 Å². The van der Waals surface area contributed by atoms with Crippen molar-refractivity contribution in [3.05, 3.63) is 42.2 Å². The summed E-state index contributed by atoms with van der Waals surface area (Å²) < 4.78 is 1.73. The van der Waals surface area contributed by atoms with Crippen LogP contribution in [0.5, 0.6) is 17.2 Å². The van der Waals surface area contributed by atoms with E-state index in [0.717, 1.165) is 0 Å². The second kappa shape index (κ2) is 4.06. The first kappa shape index (κ1) is 10.2. The quantitative estimate of drug-likeness (QED) is 0.589. The molecule has 16 heavy (non-hydrogen) atoms. The molecule has 5 heteroatoms. The van der Waals surface area contributed by atoms with Gasteiger partial charge in [0, 0.05) is 18.0 Å². The summed E-state index contributed by atoms with van der Waals surface area (Å²) in [5.41, 5.74) is 3.50. The van der Waals surface area contributed by atoms with Gasteiger partial charge in [-0.2, -0.15) is 0 Å². The monoisotopic (exact) mass is 220 g/mol. The van der Waals surface area contributed by atoms with Crippen LogP contribution in [0.1, 0.15) is 5.56 Å². The van der Waals surface area contributed by atoms with Gasteiger partial charge in [-0.15, -0.1) is 0 Å². The maximum atomic E-state index is 9.55. The molecule has 2 aromatic rings. The van der Waals surface area contributed by atoms with Crippen LogP contribution in [0.3, 0.4) is 0 Å². The molecule has 84 valence electrons. The smallest absolute Gasteiger partial charge is 0.200 e. The molecular weight excluding hydrogens is 208 g/mol. The largest absolute Gasteiger partial charge is 0.504 e. The normalized spacial score (nSPS) is 10.2. The van der Waals surface area contributed by atoms with Gasteiger partial charge in [0.05, 0.1) is 6.54 Å². The van der Waals surface area contributed by atoms with Crippen molar-refractivity contribution in [2.24, 2.45) is 0 Å². The SMILES string of the molecule is Oc1ccc(CNn2cccc2)c(O)c1O. The highest BCUT2D eigenvalue weighted by Gasteiger charge is 2.10. The second-order valence-corrected chi connectivity index (χ2v) is 3.37. The van der Waals surface area contributed by atoms with Crippen LogP contribution in [-0.2, 0) is 6.54 Å². The average Bonchev–Trinajstić information content (AvgIpc) is 2.78. The highest BCUT2D eigenvalue weighted by molar-refractivity contribution is 5.53. The van der Waals surface area contributed by atoms with Gasteiger partial charge in [0.1, 0.15) is 0 Å². The molecule has 0 aliphatic carbocycles. The Balaban J connectivity index is 2.13. The highest BCUT2D eigenvalue weighted by atomic mass is 16.3. The molecule has 1 heterocycles. The molecule has 0 spiro atoms. The van der Waals surface area contributed by atoms with Crippen LogP contribution in [0.15, 0.2) is 36.7 Å². The Morgan fingerprint density at radius 3 is 2.38 bits per heavy atom. The molecular formula is C11H12N2O3. The molecule has 0 unspecified atom stereocenters. The zero-order chi connectivity index (χ0) is 11.5. The maximum absolute atomic E-state index is 9.55. The van der Waals surface area contributed by atoms with Gasteiger partial charge < -0.3 is 20.7 Å². The molecule has 0 saturated carbocycles. The van der Waals surface area contributed by atoms with E-state index in [9.17, 15) is 10.2 Å². The minimum Gasteiger partial charge on any atom is -0.504 e. The molecule has 0 bridgehead atoms. The van der Waals surface area contributed by atoms with Crippen molar-refractivity contribution in [2.45, 2.75) is 6.54 Å². The Hall–Kier alpha value is -2.30. The van der Waals surface area contributed by atoms with Gasteiger partial charge in [0.15, 0.2) is 11.5 Å². The molecule has 0 fully saturated rings. The third-order valence-electron chi connectivity index (χ3n) is 2.27. The fourth-order valence-corrected chi connectivity index (χ4v) is 1.37. The molecule has 5 nitrogen and oxygen atoms in total. The predicted octanol–water partition coefficient (Wildman–Crippen LogP) is 1.35. The lowest BCUT2D eigenvalue weighted by molar-refractivity contribution is 0.365.